The summed E-state index contributed by atoms with van der Waals surface area (Å²) in [6.45, 7) is 7.23. The lowest BCUT2D eigenvalue weighted by atomic mass is 10.1. The summed E-state index contributed by atoms with van der Waals surface area (Å²) < 4.78 is 15.5. The van der Waals surface area contributed by atoms with Crippen molar-refractivity contribution in [1.29, 1.82) is 0 Å². The fourth-order valence-corrected chi connectivity index (χ4v) is 1.86. The molecule has 0 amide bonds. The lowest BCUT2D eigenvalue weighted by molar-refractivity contribution is -0.157. The van der Waals surface area contributed by atoms with Crippen molar-refractivity contribution in [2.45, 2.75) is 45.8 Å². The van der Waals surface area contributed by atoms with E-state index in [1.54, 1.807) is 45.9 Å². The molecule has 2 N–H and O–H groups in total. The van der Waals surface area contributed by atoms with Gasteiger partial charge in [0.25, 0.3) is 0 Å². The highest BCUT2D eigenvalue weighted by Crippen LogP contribution is 2.15. The van der Waals surface area contributed by atoms with Crippen molar-refractivity contribution in [3.05, 3.63) is 29.8 Å². The van der Waals surface area contributed by atoms with Gasteiger partial charge in [-0.05, 0) is 51.8 Å². The highest BCUT2D eigenvalue weighted by atomic mass is 16.6. The third-order valence-electron chi connectivity index (χ3n) is 2.72. The number of hydrogen-bond acceptors (Lipinski definition) is 6. The van der Waals surface area contributed by atoms with Crippen molar-refractivity contribution in [1.82, 2.24) is 0 Å². The summed E-state index contributed by atoms with van der Waals surface area (Å²) in [5.41, 5.74) is 6.07. The van der Waals surface area contributed by atoms with Crippen LogP contribution in [0.15, 0.2) is 24.3 Å². The second-order valence-electron chi connectivity index (χ2n) is 6.09. The van der Waals surface area contributed by atoms with Crippen molar-refractivity contribution in [2.24, 2.45) is 5.73 Å². The molecule has 0 aliphatic carbocycles. The fourth-order valence-electron chi connectivity index (χ4n) is 1.86. The number of carbonyl (C=O) groups excluding carboxylic acids is 2. The van der Waals surface area contributed by atoms with E-state index in [2.05, 4.69) is 0 Å². The zero-order valence-electron chi connectivity index (χ0n) is 14.1. The first-order chi connectivity index (χ1) is 10.7. The first-order valence-electron chi connectivity index (χ1n) is 7.57. The zero-order valence-corrected chi connectivity index (χ0v) is 14.1. The van der Waals surface area contributed by atoms with E-state index in [4.69, 9.17) is 19.9 Å². The molecule has 0 radical (unpaired) electrons. The molecule has 0 fully saturated rings. The molecule has 1 aromatic rings. The Labute approximate surface area is 136 Å². The van der Waals surface area contributed by atoms with Gasteiger partial charge in [0.1, 0.15) is 17.4 Å². The predicted octanol–water partition coefficient (Wildman–Crippen LogP) is 1.84. The normalized spacial score (nSPS) is 12.4. The van der Waals surface area contributed by atoms with Crippen molar-refractivity contribution < 1.29 is 23.8 Å². The SMILES string of the molecule is CCOC(=O)C(N)Cc1cccc(OCC(=O)OC(C)(C)C)c1. The molecule has 0 aliphatic rings. The summed E-state index contributed by atoms with van der Waals surface area (Å²) in [5.74, 6) is -0.358. The summed E-state index contributed by atoms with van der Waals surface area (Å²) in [6, 6.07) is 6.35. The first kappa shape index (κ1) is 19.0. The van der Waals surface area contributed by atoms with Gasteiger partial charge < -0.3 is 19.9 Å². The van der Waals surface area contributed by atoms with E-state index in [1.807, 2.05) is 6.07 Å². The molecular formula is C17H25NO5. The fraction of sp³-hybridized carbons (Fsp3) is 0.529. The van der Waals surface area contributed by atoms with Gasteiger partial charge in [-0.2, -0.15) is 0 Å². The van der Waals surface area contributed by atoms with Crippen LogP contribution in [-0.4, -0.2) is 36.8 Å². The quantitative estimate of drug-likeness (QED) is 0.770. The van der Waals surface area contributed by atoms with Crippen molar-refractivity contribution in [2.75, 3.05) is 13.2 Å². The summed E-state index contributed by atoms with van der Waals surface area (Å²) in [7, 11) is 0. The van der Waals surface area contributed by atoms with Gasteiger partial charge in [0.2, 0.25) is 0 Å². The maximum Gasteiger partial charge on any atom is 0.344 e. The predicted molar refractivity (Wildman–Crippen MR) is 86.1 cm³/mol. The Balaban J connectivity index is 2.56. The van der Waals surface area contributed by atoms with Crippen LogP contribution < -0.4 is 10.5 Å². The second-order valence-corrected chi connectivity index (χ2v) is 6.09. The van der Waals surface area contributed by atoms with E-state index in [-0.39, 0.29) is 6.61 Å². The van der Waals surface area contributed by atoms with Gasteiger partial charge in [-0.25, -0.2) is 4.79 Å². The van der Waals surface area contributed by atoms with Crippen LogP contribution in [0.4, 0.5) is 0 Å². The molecule has 1 rings (SSSR count). The number of carbonyl (C=O) groups is 2. The maximum atomic E-state index is 11.6. The van der Waals surface area contributed by atoms with Crippen LogP contribution in [0, 0.1) is 0 Å². The molecule has 0 saturated heterocycles. The molecule has 0 aliphatic heterocycles. The average Bonchev–Trinajstić information content (AvgIpc) is 2.44. The van der Waals surface area contributed by atoms with E-state index >= 15 is 0 Å². The minimum atomic E-state index is -0.726. The number of esters is 2. The van der Waals surface area contributed by atoms with Crippen molar-refractivity contribution >= 4 is 11.9 Å². The van der Waals surface area contributed by atoms with Crippen molar-refractivity contribution in [3.63, 3.8) is 0 Å². The Morgan fingerprint density at radius 3 is 2.57 bits per heavy atom. The lowest BCUT2D eigenvalue weighted by Gasteiger charge is -2.19. The summed E-state index contributed by atoms with van der Waals surface area (Å²) in [4.78, 5) is 23.2. The molecule has 1 unspecified atom stereocenters. The maximum absolute atomic E-state index is 11.6. The topological polar surface area (TPSA) is 87.9 Å². The molecule has 0 spiro atoms. The van der Waals surface area contributed by atoms with Crippen molar-refractivity contribution in [3.8, 4) is 5.75 Å². The molecule has 6 nitrogen and oxygen atoms in total. The number of rotatable bonds is 7. The number of hydrogen-bond donors (Lipinski definition) is 1. The molecule has 0 aromatic heterocycles. The Morgan fingerprint density at radius 1 is 1.26 bits per heavy atom. The van der Waals surface area contributed by atoms with Gasteiger partial charge in [0.15, 0.2) is 6.61 Å². The van der Waals surface area contributed by atoms with E-state index in [0.717, 1.165) is 5.56 Å². The Morgan fingerprint density at radius 2 is 1.96 bits per heavy atom. The smallest absolute Gasteiger partial charge is 0.344 e. The van der Waals surface area contributed by atoms with Gasteiger partial charge in [-0.3, -0.25) is 4.79 Å². The van der Waals surface area contributed by atoms with E-state index in [1.165, 1.54) is 0 Å². The largest absolute Gasteiger partial charge is 0.482 e. The minimum absolute atomic E-state index is 0.176. The molecule has 0 saturated carbocycles. The zero-order chi connectivity index (χ0) is 17.5. The molecule has 128 valence electrons. The Hall–Kier alpha value is -2.08. The van der Waals surface area contributed by atoms with Crippen LogP contribution in [0.25, 0.3) is 0 Å². The summed E-state index contributed by atoms with van der Waals surface area (Å²) >= 11 is 0. The monoisotopic (exact) mass is 323 g/mol. The Bertz CT molecular complexity index is 536. The molecule has 6 heteroatoms. The van der Waals surface area contributed by atoms with Crippen LogP contribution in [0.5, 0.6) is 5.75 Å². The number of nitrogens with two attached hydrogens (primary N) is 1. The molecule has 0 heterocycles. The lowest BCUT2D eigenvalue weighted by Crippen LogP contribution is -2.34. The van der Waals surface area contributed by atoms with Crippen LogP contribution >= 0.6 is 0 Å². The highest BCUT2D eigenvalue weighted by Gasteiger charge is 2.17. The highest BCUT2D eigenvalue weighted by molar-refractivity contribution is 5.75. The van der Waals surface area contributed by atoms with Gasteiger partial charge >= 0.3 is 11.9 Å². The van der Waals surface area contributed by atoms with E-state index < -0.39 is 23.6 Å². The van der Waals surface area contributed by atoms with Crippen LogP contribution in [-0.2, 0) is 25.5 Å². The van der Waals surface area contributed by atoms with Crippen LogP contribution in [0.1, 0.15) is 33.3 Å². The van der Waals surface area contributed by atoms with Gasteiger partial charge in [-0.15, -0.1) is 0 Å². The second kappa shape index (κ2) is 8.53. The summed E-state index contributed by atoms with van der Waals surface area (Å²) in [6.07, 6.45) is 0.336. The molecule has 23 heavy (non-hydrogen) atoms. The number of benzene rings is 1. The van der Waals surface area contributed by atoms with Gasteiger partial charge in [0.05, 0.1) is 6.61 Å². The molecule has 0 bridgehead atoms. The van der Waals surface area contributed by atoms with E-state index in [9.17, 15) is 9.59 Å². The van der Waals surface area contributed by atoms with Crippen LogP contribution in [0.2, 0.25) is 0 Å². The number of ether oxygens (including phenoxy) is 3. The molecular weight excluding hydrogens is 298 g/mol. The Kier molecular flexibility index (Phi) is 7.03. The molecule has 1 atom stereocenters. The third-order valence-corrected chi connectivity index (χ3v) is 2.72. The van der Waals surface area contributed by atoms with Crippen LogP contribution in [0.3, 0.4) is 0 Å². The summed E-state index contributed by atoms with van der Waals surface area (Å²) in [5, 5.41) is 0. The van der Waals surface area contributed by atoms with Gasteiger partial charge in [0, 0.05) is 0 Å². The van der Waals surface area contributed by atoms with E-state index in [0.29, 0.717) is 18.8 Å². The third kappa shape index (κ3) is 7.65. The average molecular weight is 323 g/mol. The van der Waals surface area contributed by atoms with Gasteiger partial charge in [-0.1, -0.05) is 12.1 Å². The first-order valence-corrected chi connectivity index (χ1v) is 7.57. The standard InChI is InChI=1S/C17H25NO5/c1-5-21-16(20)14(18)10-12-7-6-8-13(9-12)22-11-15(19)23-17(2,3)4/h6-9,14H,5,10-11,18H2,1-4H3. The minimum Gasteiger partial charge on any atom is -0.482 e. The molecule has 1 aromatic carbocycles.